The van der Waals surface area contributed by atoms with E-state index in [1.807, 2.05) is 0 Å². The smallest absolute Gasteiger partial charge is 0.335 e. The van der Waals surface area contributed by atoms with Crippen LogP contribution in [-0.2, 0) is 42.9 Å². The van der Waals surface area contributed by atoms with Crippen molar-refractivity contribution in [2.45, 2.75) is 225 Å². The number of carbonyl (C=O) groups excluding carboxylic acids is 3. The number of carbonyl (C=O) groups is 4. The van der Waals surface area contributed by atoms with Crippen molar-refractivity contribution in [2.75, 3.05) is 13.2 Å². The summed E-state index contributed by atoms with van der Waals surface area (Å²) >= 11 is 0. The van der Waals surface area contributed by atoms with E-state index in [-0.39, 0.29) is 25.9 Å². The third kappa shape index (κ3) is 39.9. The summed E-state index contributed by atoms with van der Waals surface area (Å²) in [5.74, 6) is -3.27. The molecule has 0 amide bonds. The Morgan fingerprint density at radius 1 is 0.440 bits per heavy atom. The Balaban J connectivity index is 2.76. The van der Waals surface area contributed by atoms with Gasteiger partial charge in [-0.15, -0.1) is 0 Å². The summed E-state index contributed by atoms with van der Waals surface area (Å²) < 4.78 is 28.3. The van der Waals surface area contributed by atoms with Crippen LogP contribution < -0.4 is 0 Å². The van der Waals surface area contributed by atoms with Gasteiger partial charge in [-0.05, 0) is 128 Å². The molecule has 0 bridgehead atoms. The van der Waals surface area contributed by atoms with Gasteiger partial charge in [0.1, 0.15) is 18.8 Å². The topological polar surface area (TPSA) is 175 Å². The van der Waals surface area contributed by atoms with Crippen molar-refractivity contribution in [3.05, 3.63) is 134 Å². The zero-order chi connectivity index (χ0) is 54.7. The van der Waals surface area contributed by atoms with Crippen molar-refractivity contribution in [2.24, 2.45) is 0 Å². The summed E-state index contributed by atoms with van der Waals surface area (Å²) in [6.07, 6.45) is 57.2. The van der Waals surface area contributed by atoms with Gasteiger partial charge in [0.25, 0.3) is 0 Å². The molecule has 1 saturated heterocycles. The maximum Gasteiger partial charge on any atom is 0.335 e. The van der Waals surface area contributed by atoms with E-state index in [0.717, 1.165) is 128 Å². The molecule has 0 radical (unpaired) electrons. The number of rotatable bonds is 45. The Morgan fingerprint density at radius 2 is 0.800 bits per heavy atom. The average molecular weight is 1050 g/mol. The van der Waals surface area contributed by atoms with Gasteiger partial charge >= 0.3 is 23.9 Å². The quantitative estimate of drug-likeness (QED) is 0.0228. The van der Waals surface area contributed by atoms with E-state index in [9.17, 15) is 34.5 Å². The number of carboxylic acids is 1. The minimum atomic E-state index is -1.93. The van der Waals surface area contributed by atoms with E-state index in [2.05, 4.69) is 154 Å². The number of allylic oxidation sites excluding steroid dienone is 22. The van der Waals surface area contributed by atoms with E-state index in [4.69, 9.17) is 23.7 Å². The number of hydrogen-bond donors (Lipinski definition) is 3. The fourth-order valence-electron chi connectivity index (χ4n) is 7.48. The fraction of sp³-hybridized carbons (Fsp3) is 0.587. The van der Waals surface area contributed by atoms with Gasteiger partial charge in [0.15, 0.2) is 24.6 Å². The summed E-state index contributed by atoms with van der Waals surface area (Å²) in [7, 11) is 0. The lowest BCUT2D eigenvalue weighted by Gasteiger charge is -2.40. The lowest BCUT2D eigenvalue weighted by molar-refractivity contribution is -0.301. The third-order valence-corrected chi connectivity index (χ3v) is 11.7. The standard InChI is InChI=1S/C63H96O12/c1-4-7-10-13-16-19-22-25-26-27-28-29-30-33-34-37-40-43-46-49-55(64)71-52-54(73-56(65)50-47-44-41-38-35-31-23-20-17-14-11-8-5-2)53-72-63-61(59(68)58(67)60(75-63)62(69)70)74-57(66)51-48-45-42-39-36-32-24-21-18-15-12-9-6-3/h7-12,16-21,25-26,28-29,31-36,54,58-61,63,67-68H,4-6,13-15,22-24,27,30,37-53H2,1-3H3,(H,69,70)/b10-7-,11-8-,12-9-,19-16-,20-17-,21-18-,26-25-,29-28-,34-33-,35-31-,36-32-. The molecule has 6 unspecified atom stereocenters. The van der Waals surface area contributed by atoms with Crippen molar-refractivity contribution in [3.63, 3.8) is 0 Å². The van der Waals surface area contributed by atoms with Crippen LogP contribution in [0.5, 0.6) is 0 Å². The SMILES string of the molecule is CC/C=C\C/C=C\C/C=C\C/C=C\C/C=C\CCCCCC(=O)OCC(COC1OC(C(=O)O)C(O)C(O)C1OC(=O)CCCCC/C=C\C/C=C\C/C=C\CC)OC(=O)CCCCC/C=C\C/C=C\C/C=C\CC. The first-order chi connectivity index (χ1) is 36.6. The first-order valence-corrected chi connectivity index (χ1v) is 28.2. The van der Waals surface area contributed by atoms with E-state index < -0.39 is 67.3 Å². The van der Waals surface area contributed by atoms with Crippen LogP contribution in [0.15, 0.2) is 134 Å². The van der Waals surface area contributed by atoms with Crippen molar-refractivity contribution >= 4 is 23.9 Å². The molecule has 12 nitrogen and oxygen atoms in total. The van der Waals surface area contributed by atoms with Crippen LogP contribution in [0.3, 0.4) is 0 Å². The molecule has 1 heterocycles. The van der Waals surface area contributed by atoms with Gasteiger partial charge < -0.3 is 39.0 Å². The maximum absolute atomic E-state index is 13.1. The number of aliphatic carboxylic acids is 1. The summed E-state index contributed by atoms with van der Waals surface area (Å²) in [6.45, 7) is 5.55. The van der Waals surface area contributed by atoms with Crippen LogP contribution in [0.1, 0.15) is 188 Å². The summed E-state index contributed by atoms with van der Waals surface area (Å²) in [5.41, 5.74) is 0. The van der Waals surface area contributed by atoms with E-state index >= 15 is 0 Å². The second kappa shape index (κ2) is 49.7. The first kappa shape index (κ1) is 67.9. The van der Waals surface area contributed by atoms with Crippen LogP contribution in [0.4, 0.5) is 0 Å². The second-order valence-corrected chi connectivity index (χ2v) is 18.4. The molecule has 0 aromatic carbocycles. The molecule has 12 heteroatoms. The molecule has 3 N–H and O–H groups in total. The molecule has 1 fully saturated rings. The Hall–Kier alpha value is -5.14. The van der Waals surface area contributed by atoms with Crippen LogP contribution in [0, 0.1) is 0 Å². The van der Waals surface area contributed by atoms with Crippen LogP contribution in [0.2, 0.25) is 0 Å². The highest BCUT2D eigenvalue weighted by molar-refractivity contribution is 5.74. The highest BCUT2D eigenvalue weighted by Crippen LogP contribution is 2.26. The Morgan fingerprint density at radius 3 is 1.19 bits per heavy atom. The highest BCUT2D eigenvalue weighted by atomic mass is 16.7. The van der Waals surface area contributed by atoms with Gasteiger partial charge in [0, 0.05) is 19.3 Å². The van der Waals surface area contributed by atoms with Crippen LogP contribution >= 0.6 is 0 Å². The Bertz CT molecular complexity index is 1810. The minimum absolute atomic E-state index is 0.0104. The number of unbranched alkanes of at least 4 members (excludes halogenated alkanes) is 9. The van der Waals surface area contributed by atoms with Crippen molar-refractivity contribution < 1.29 is 58.2 Å². The number of hydrogen-bond acceptors (Lipinski definition) is 11. The van der Waals surface area contributed by atoms with Gasteiger partial charge in [-0.2, -0.15) is 0 Å². The Labute approximate surface area is 451 Å². The monoisotopic (exact) mass is 1040 g/mol. The Kier molecular flexibility index (Phi) is 45.0. The number of ether oxygens (including phenoxy) is 5. The molecule has 0 aromatic heterocycles. The van der Waals surface area contributed by atoms with Crippen molar-refractivity contribution in [1.29, 1.82) is 0 Å². The van der Waals surface area contributed by atoms with Gasteiger partial charge in [-0.1, -0.05) is 174 Å². The fourth-order valence-corrected chi connectivity index (χ4v) is 7.48. The zero-order valence-corrected chi connectivity index (χ0v) is 46.0. The van der Waals surface area contributed by atoms with E-state index in [1.165, 1.54) is 0 Å². The molecule has 0 spiro atoms. The van der Waals surface area contributed by atoms with Gasteiger partial charge in [0.05, 0.1) is 6.61 Å². The van der Waals surface area contributed by atoms with Gasteiger partial charge in [-0.3, -0.25) is 14.4 Å². The maximum atomic E-state index is 13.1. The summed E-state index contributed by atoms with van der Waals surface area (Å²) in [4.78, 5) is 51.0. The van der Waals surface area contributed by atoms with Gasteiger partial charge in [0.2, 0.25) is 0 Å². The molecule has 1 rings (SSSR count). The summed E-state index contributed by atoms with van der Waals surface area (Å²) in [6, 6.07) is 0. The van der Waals surface area contributed by atoms with Crippen molar-refractivity contribution in [1.82, 2.24) is 0 Å². The van der Waals surface area contributed by atoms with Crippen LogP contribution in [-0.4, -0.2) is 89.2 Å². The normalized spacial score (nSPS) is 19.2. The number of aliphatic hydroxyl groups is 2. The number of carboxylic acid groups (broad SMARTS) is 1. The minimum Gasteiger partial charge on any atom is -0.479 e. The van der Waals surface area contributed by atoms with E-state index in [0.29, 0.717) is 19.3 Å². The molecule has 1 aliphatic heterocycles. The molecule has 6 atom stereocenters. The average Bonchev–Trinajstić information content (AvgIpc) is 3.39. The van der Waals surface area contributed by atoms with E-state index in [1.54, 1.807) is 0 Å². The summed E-state index contributed by atoms with van der Waals surface area (Å²) in [5, 5.41) is 31.4. The molecule has 420 valence electrons. The molecular weight excluding hydrogens is 949 g/mol. The van der Waals surface area contributed by atoms with Crippen LogP contribution in [0.25, 0.3) is 0 Å². The predicted molar refractivity (Wildman–Crippen MR) is 303 cm³/mol. The molecule has 75 heavy (non-hydrogen) atoms. The van der Waals surface area contributed by atoms with Crippen molar-refractivity contribution in [3.8, 4) is 0 Å². The molecule has 0 aromatic rings. The largest absolute Gasteiger partial charge is 0.479 e. The lowest BCUT2D eigenvalue weighted by atomic mass is 9.98. The molecular formula is C63H96O12. The first-order valence-electron chi connectivity index (χ1n) is 28.2. The third-order valence-electron chi connectivity index (χ3n) is 11.7. The number of aliphatic hydroxyl groups excluding tert-OH is 2. The molecule has 0 saturated carbocycles. The lowest BCUT2D eigenvalue weighted by Crippen LogP contribution is -2.61. The predicted octanol–water partition coefficient (Wildman–Crippen LogP) is 14.2. The highest BCUT2D eigenvalue weighted by Gasteiger charge is 2.50. The zero-order valence-electron chi connectivity index (χ0n) is 46.0. The second-order valence-electron chi connectivity index (χ2n) is 18.4. The number of esters is 3. The van der Waals surface area contributed by atoms with Gasteiger partial charge in [-0.25, -0.2) is 4.79 Å². The molecule has 0 aliphatic carbocycles. The molecule has 1 aliphatic rings.